The van der Waals surface area contributed by atoms with E-state index in [0.717, 1.165) is 5.69 Å². The van der Waals surface area contributed by atoms with E-state index in [1.165, 1.54) is 6.33 Å². The van der Waals surface area contributed by atoms with Crippen LogP contribution in [0.15, 0.2) is 84.1 Å². The van der Waals surface area contributed by atoms with Crippen molar-refractivity contribution in [3.05, 3.63) is 84.1 Å². The van der Waals surface area contributed by atoms with Gasteiger partial charge >= 0.3 is 0 Å². The van der Waals surface area contributed by atoms with Crippen LogP contribution < -0.4 is 25.4 Å². The van der Waals surface area contributed by atoms with Crippen LogP contribution in [0.1, 0.15) is 0 Å². The minimum Gasteiger partial charge on any atom is -0.497 e. The fraction of sp³-hybridized carbons (Fsp3) is 0.0833. The average Bonchev–Trinajstić information content (AvgIpc) is 2.85. The van der Waals surface area contributed by atoms with Crippen molar-refractivity contribution in [2.75, 3.05) is 24.4 Å². The van der Waals surface area contributed by atoms with Crippen molar-refractivity contribution >= 4 is 46.5 Å². The van der Waals surface area contributed by atoms with E-state index >= 15 is 0 Å². The predicted molar refractivity (Wildman–Crippen MR) is 134 cm³/mol. The van der Waals surface area contributed by atoms with E-state index in [9.17, 15) is 0 Å². The first-order valence-corrected chi connectivity index (χ1v) is 10.6. The topological polar surface area (TPSA) is 111 Å². The van der Waals surface area contributed by atoms with Gasteiger partial charge in [-0.3, -0.25) is 0 Å². The van der Waals surface area contributed by atoms with E-state index in [2.05, 4.69) is 25.3 Å². The smallest absolute Gasteiger partial charge is 0.241 e. The van der Waals surface area contributed by atoms with E-state index in [4.69, 9.17) is 26.8 Å². The summed E-state index contributed by atoms with van der Waals surface area (Å²) in [5.74, 6) is 1.99. The molecule has 0 spiro atoms. The SMILES string of the molecule is COc1cc(Nc2ncnc(N(C(N)=Nc3cccc(Cl)c3)c3ccccc3)n2)cc(OC)c1. The van der Waals surface area contributed by atoms with Crippen LogP contribution in [-0.4, -0.2) is 35.1 Å². The number of hydrogen-bond acceptors (Lipinski definition) is 7. The molecule has 4 rings (SSSR count). The number of rotatable bonds is 7. The lowest BCUT2D eigenvalue weighted by atomic mass is 10.3. The summed E-state index contributed by atoms with van der Waals surface area (Å²) in [5, 5.41) is 3.71. The Hall–Kier alpha value is -4.37. The van der Waals surface area contributed by atoms with Gasteiger partial charge in [-0.15, -0.1) is 0 Å². The second kappa shape index (κ2) is 10.5. The quantitative estimate of drug-likeness (QED) is 0.281. The first-order valence-electron chi connectivity index (χ1n) is 10.2. The highest BCUT2D eigenvalue weighted by Crippen LogP contribution is 2.28. The molecule has 0 unspecified atom stereocenters. The zero-order valence-corrected chi connectivity index (χ0v) is 19.3. The van der Waals surface area contributed by atoms with Crippen LogP contribution in [0.2, 0.25) is 5.02 Å². The Morgan fingerprint density at radius 3 is 2.35 bits per heavy atom. The molecule has 9 nitrogen and oxygen atoms in total. The molecule has 1 aromatic heterocycles. The van der Waals surface area contributed by atoms with Gasteiger partial charge in [-0.25, -0.2) is 19.9 Å². The van der Waals surface area contributed by atoms with Crippen molar-refractivity contribution in [1.82, 2.24) is 15.0 Å². The van der Waals surface area contributed by atoms with Crippen LogP contribution in [0, 0.1) is 0 Å². The van der Waals surface area contributed by atoms with Crippen molar-refractivity contribution in [3.8, 4) is 11.5 Å². The van der Waals surface area contributed by atoms with Crippen LogP contribution >= 0.6 is 11.6 Å². The number of hydrogen-bond donors (Lipinski definition) is 2. The van der Waals surface area contributed by atoms with Gasteiger partial charge in [-0.05, 0) is 30.3 Å². The summed E-state index contributed by atoms with van der Waals surface area (Å²) in [4.78, 5) is 19.3. The van der Waals surface area contributed by atoms with E-state index in [0.29, 0.717) is 33.8 Å². The maximum Gasteiger partial charge on any atom is 0.241 e. The van der Waals surface area contributed by atoms with Gasteiger partial charge in [0.15, 0.2) is 0 Å². The van der Waals surface area contributed by atoms with Crippen LogP contribution in [0.4, 0.5) is 29.0 Å². The lowest BCUT2D eigenvalue weighted by Gasteiger charge is -2.22. The number of para-hydroxylation sites is 1. The number of nitrogens with two attached hydrogens (primary N) is 1. The first-order chi connectivity index (χ1) is 16.6. The minimum atomic E-state index is 0.161. The first kappa shape index (κ1) is 22.8. The molecule has 10 heteroatoms. The van der Waals surface area contributed by atoms with Crippen LogP contribution in [0.5, 0.6) is 11.5 Å². The molecule has 0 aliphatic heterocycles. The molecule has 1 heterocycles. The fourth-order valence-electron chi connectivity index (χ4n) is 3.12. The summed E-state index contributed by atoms with van der Waals surface area (Å²) < 4.78 is 10.7. The standard InChI is InChI=1S/C24H22ClN7O2/c1-33-20-12-18(13-21(14-20)34-2)30-23-27-15-28-24(31-23)32(19-9-4-3-5-10-19)22(26)29-17-8-6-7-16(25)11-17/h3-15H,1-2H3,(H2,26,29)(H,27,28,30,31). The Labute approximate surface area is 201 Å². The molecule has 0 radical (unpaired) electrons. The third kappa shape index (κ3) is 5.51. The Bertz CT molecular complexity index is 1280. The van der Waals surface area contributed by atoms with Crippen molar-refractivity contribution in [2.45, 2.75) is 0 Å². The van der Waals surface area contributed by atoms with Gasteiger partial charge in [-0.1, -0.05) is 35.9 Å². The molecular weight excluding hydrogens is 454 g/mol. The Morgan fingerprint density at radius 2 is 1.68 bits per heavy atom. The molecule has 34 heavy (non-hydrogen) atoms. The van der Waals surface area contributed by atoms with Gasteiger partial charge in [0.2, 0.25) is 17.9 Å². The van der Waals surface area contributed by atoms with Gasteiger partial charge in [-0.2, -0.15) is 4.98 Å². The molecule has 3 N–H and O–H groups in total. The predicted octanol–water partition coefficient (Wildman–Crippen LogP) is 5.07. The Balaban J connectivity index is 1.71. The van der Waals surface area contributed by atoms with E-state index < -0.39 is 0 Å². The number of benzene rings is 3. The number of halogens is 1. The molecule has 4 aromatic rings. The fourth-order valence-corrected chi connectivity index (χ4v) is 3.30. The number of methoxy groups -OCH3 is 2. The molecule has 0 aliphatic carbocycles. The highest BCUT2D eigenvalue weighted by molar-refractivity contribution is 6.30. The number of aliphatic imine (C=N–C) groups is 1. The zero-order valence-electron chi connectivity index (χ0n) is 18.5. The normalized spacial score (nSPS) is 11.1. The maximum absolute atomic E-state index is 6.42. The molecule has 172 valence electrons. The maximum atomic E-state index is 6.42. The Kier molecular flexibility index (Phi) is 7.04. The van der Waals surface area contributed by atoms with Crippen molar-refractivity contribution in [1.29, 1.82) is 0 Å². The average molecular weight is 476 g/mol. The summed E-state index contributed by atoms with van der Waals surface area (Å²) in [6.07, 6.45) is 1.39. The third-order valence-corrected chi connectivity index (χ3v) is 4.90. The summed E-state index contributed by atoms with van der Waals surface area (Å²) in [7, 11) is 3.17. The summed E-state index contributed by atoms with van der Waals surface area (Å²) >= 11 is 6.10. The second-order valence-electron chi connectivity index (χ2n) is 6.96. The number of guanidine groups is 1. The molecule has 0 atom stereocenters. The number of ether oxygens (including phenoxy) is 2. The molecule has 0 fully saturated rings. The minimum absolute atomic E-state index is 0.161. The summed E-state index contributed by atoms with van der Waals surface area (Å²) in [5.41, 5.74) is 8.43. The van der Waals surface area contributed by atoms with E-state index in [1.54, 1.807) is 61.6 Å². The van der Waals surface area contributed by atoms with Gasteiger partial charge in [0.05, 0.1) is 25.6 Å². The second-order valence-corrected chi connectivity index (χ2v) is 7.39. The molecule has 0 aliphatic rings. The third-order valence-electron chi connectivity index (χ3n) is 4.66. The van der Waals surface area contributed by atoms with Crippen molar-refractivity contribution in [3.63, 3.8) is 0 Å². The number of aromatic nitrogens is 3. The molecular formula is C24H22ClN7O2. The van der Waals surface area contributed by atoms with E-state index in [-0.39, 0.29) is 11.9 Å². The molecule has 0 saturated heterocycles. The van der Waals surface area contributed by atoms with Gasteiger partial charge in [0.1, 0.15) is 17.8 Å². The zero-order chi connectivity index (χ0) is 23.9. The van der Waals surface area contributed by atoms with Gasteiger partial charge in [0, 0.05) is 28.9 Å². The van der Waals surface area contributed by atoms with Gasteiger partial charge < -0.3 is 20.5 Å². The monoisotopic (exact) mass is 475 g/mol. The Morgan fingerprint density at radius 1 is 0.941 bits per heavy atom. The summed E-state index contributed by atoms with van der Waals surface area (Å²) in [6, 6.07) is 21.9. The van der Waals surface area contributed by atoms with Crippen molar-refractivity contribution in [2.24, 2.45) is 10.7 Å². The lowest BCUT2D eigenvalue weighted by Crippen LogP contribution is -2.34. The number of anilines is 4. The molecule has 0 amide bonds. The van der Waals surface area contributed by atoms with E-state index in [1.807, 2.05) is 30.3 Å². The van der Waals surface area contributed by atoms with Crippen LogP contribution in [0.25, 0.3) is 0 Å². The summed E-state index contributed by atoms with van der Waals surface area (Å²) in [6.45, 7) is 0. The van der Waals surface area contributed by atoms with Gasteiger partial charge in [0.25, 0.3) is 0 Å². The highest BCUT2D eigenvalue weighted by atomic mass is 35.5. The number of nitrogens with one attached hydrogen (secondary N) is 1. The van der Waals surface area contributed by atoms with Crippen molar-refractivity contribution < 1.29 is 9.47 Å². The van der Waals surface area contributed by atoms with Crippen LogP contribution in [0.3, 0.4) is 0 Å². The number of nitrogens with zero attached hydrogens (tertiary/aromatic N) is 5. The largest absolute Gasteiger partial charge is 0.497 e. The molecule has 0 bridgehead atoms. The molecule has 0 saturated carbocycles. The highest BCUT2D eigenvalue weighted by Gasteiger charge is 2.18. The lowest BCUT2D eigenvalue weighted by molar-refractivity contribution is 0.395. The van der Waals surface area contributed by atoms with Crippen LogP contribution in [-0.2, 0) is 0 Å². The molecule has 3 aromatic carbocycles.